The Morgan fingerprint density at radius 2 is 1.94 bits per heavy atom. The van der Waals surface area contributed by atoms with Gasteiger partial charge in [-0.3, -0.25) is 0 Å². The summed E-state index contributed by atoms with van der Waals surface area (Å²) in [5.74, 6) is -1.11. The van der Waals surface area contributed by atoms with Gasteiger partial charge in [-0.15, -0.1) is 0 Å². The molecular formula is C12H23F3N2. The van der Waals surface area contributed by atoms with Crippen LogP contribution in [0.25, 0.3) is 0 Å². The van der Waals surface area contributed by atoms with E-state index in [1.54, 1.807) is 0 Å². The number of likely N-dealkylation sites (N-methyl/N-ethyl adjacent to an activating group) is 1. The number of rotatable bonds is 4. The Labute approximate surface area is 102 Å². The lowest BCUT2D eigenvalue weighted by atomic mass is 9.85. The average molecular weight is 252 g/mol. The number of nitrogens with zero attached hydrogens (tertiary/aromatic N) is 1. The normalized spacial score (nSPS) is 28.4. The molecule has 0 spiro atoms. The van der Waals surface area contributed by atoms with Crippen molar-refractivity contribution in [2.24, 2.45) is 5.92 Å². The zero-order valence-electron chi connectivity index (χ0n) is 10.8. The number of alkyl halides is 3. The monoisotopic (exact) mass is 252 g/mol. The van der Waals surface area contributed by atoms with Gasteiger partial charge in [0.2, 0.25) is 0 Å². The van der Waals surface area contributed by atoms with E-state index in [-0.39, 0.29) is 18.5 Å². The molecule has 0 heterocycles. The average Bonchev–Trinajstić information content (AvgIpc) is 2.15. The van der Waals surface area contributed by atoms with Crippen LogP contribution in [0.4, 0.5) is 13.2 Å². The van der Waals surface area contributed by atoms with E-state index in [0.717, 1.165) is 13.0 Å². The van der Waals surface area contributed by atoms with E-state index in [2.05, 4.69) is 5.32 Å². The first kappa shape index (κ1) is 14.8. The molecule has 0 radical (unpaired) electrons. The van der Waals surface area contributed by atoms with Gasteiger partial charge in [-0.2, -0.15) is 13.2 Å². The number of halogens is 3. The van der Waals surface area contributed by atoms with Gasteiger partial charge in [0, 0.05) is 18.6 Å². The second-order valence-electron chi connectivity index (χ2n) is 5.43. The van der Waals surface area contributed by atoms with Crippen molar-refractivity contribution >= 4 is 0 Å². The molecule has 0 bridgehead atoms. The highest BCUT2D eigenvalue weighted by atomic mass is 19.4. The molecule has 0 saturated heterocycles. The fourth-order valence-corrected chi connectivity index (χ4v) is 2.64. The first-order valence-corrected chi connectivity index (χ1v) is 6.26. The predicted molar refractivity (Wildman–Crippen MR) is 63.0 cm³/mol. The Balaban J connectivity index is 2.39. The summed E-state index contributed by atoms with van der Waals surface area (Å²) in [5, 5.41) is 3.31. The minimum absolute atomic E-state index is 0.0188. The highest BCUT2D eigenvalue weighted by Gasteiger charge is 2.42. The first-order valence-electron chi connectivity index (χ1n) is 6.26. The van der Waals surface area contributed by atoms with Gasteiger partial charge in [0.05, 0.1) is 5.92 Å². The van der Waals surface area contributed by atoms with Crippen molar-refractivity contribution in [3.63, 3.8) is 0 Å². The summed E-state index contributed by atoms with van der Waals surface area (Å²) >= 11 is 0. The molecule has 1 rings (SSSR count). The fourth-order valence-electron chi connectivity index (χ4n) is 2.64. The van der Waals surface area contributed by atoms with Crippen molar-refractivity contribution in [2.45, 2.75) is 50.9 Å². The third-order valence-electron chi connectivity index (χ3n) is 3.30. The van der Waals surface area contributed by atoms with Crippen LogP contribution in [0.15, 0.2) is 0 Å². The molecule has 2 nitrogen and oxygen atoms in total. The van der Waals surface area contributed by atoms with Crippen LogP contribution in [0, 0.1) is 5.92 Å². The summed E-state index contributed by atoms with van der Waals surface area (Å²) in [6, 6.07) is 0.257. The Morgan fingerprint density at radius 3 is 2.47 bits per heavy atom. The lowest BCUT2D eigenvalue weighted by Gasteiger charge is -2.33. The van der Waals surface area contributed by atoms with Gasteiger partial charge in [-0.1, -0.05) is 6.42 Å². The molecule has 1 fully saturated rings. The third kappa shape index (κ3) is 5.25. The molecule has 0 aromatic rings. The summed E-state index contributed by atoms with van der Waals surface area (Å²) in [6.07, 6.45) is -1.95. The molecule has 1 aliphatic rings. The number of hydrogen-bond donors (Lipinski definition) is 1. The van der Waals surface area contributed by atoms with Crippen molar-refractivity contribution in [3.05, 3.63) is 0 Å². The summed E-state index contributed by atoms with van der Waals surface area (Å²) in [5.41, 5.74) is 0. The van der Waals surface area contributed by atoms with Crippen molar-refractivity contribution in [1.29, 1.82) is 0 Å². The van der Waals surface area contributed by atoms with Gasteiger partial charge in [-0.25, -0.2) is 0 Å². The van der Waals surface area contributed by atoms with Gasteiger partial charge >= 0.3 is 6.18 Å². The quantitative estimate of drug-likeness (QED) is 0.827. The molecule has 1 N–H and O–H groups in total. The van der Waals surface area contributed by atoms with Crippen molar-refractivity contribution < 1.29 is 13.2 Å². The maximum atomic E-state index is 12.6. The fraction of sp³-hybridized carbons (Fsp3) is 1.00. The zero-order valence-corrected chi connectivity index (χ0v) is 10.8. The van der Waals surface area contributed by atoms with Crippen LogP contribution in [0.5, 0.6) is 0 Å². The molecule has 0 aromatic heterocycles. The van der Waals surface area contributed by atoms with Gasteiger partial charge in [0.15, 0.2) is 0 Å². The molecule has 17 heavy (non-hydrogen) atoms. The summed E-state index contributed by atoms with van der Waals surface area (Å²) in [7, 11) is 3.94. The second-order valence-corrected chi connectivity index (χ2v) is 5.43. The van der Waals surface area contributed by atoms with Crippen molar-refractivity contribution in [3.8, 4) is 0 Å². The number of nitrogens with one attached hydrogen (secondary N) is 1. The summed E-state index contributed by atoms with van der Waals surface area (Å²) in [6.45, 7) is 2.88. The maximum absolute atomic E-state index is 12.6. The van der Waals surface area contributed by atoms with Gasteiger partial charge in [0.1, 0.15) is 0 Å². The maximum Gasteiger partial charge on any atom is 0.391 e. The minimum atomic E-state index is -4.02. The third-order valence-corrected chi connectivity index (χ3v) is 3.30. The minimum Gasteiger partial charge on any atom is -0.310 e. The molecule has 1 saturated carbocycles. The van der Waals surface area contributed by atoms with Crippen LogP contribution < -0.4 is 5.32 Å². The topological polar surface area (TPSA) is 15.3 Å². The van der Waals surface area contributed by atoms with Crippen LogP contribution in [0.2, 0.25) is 0 Å². The zero-order chi connectivity index (χ0) is 13.1. The van der Waals surface area contributed by atoms with Crippen molar-refractivity contribution in [1.82, 2.24) is 10.2 Å². The highest BCUT2D eigenvalue weighted by Crippen LogP contribution is 2.37. The van der Waals surface area contributed by atoms with E-state index in [1.807, 2.05) is 25.9 Å². The Bertz CT molecular complexity index is 228. The Kier molecular flexibility index (Phi) is 5.25. The Morgan fingerprint density at radius 1 is 1.29 bits per heavy atom. The van der Waals surface area contributed by atoms with E-state index in [4.69, 9.17) is 0 Å². The van der Waals surface area contributed by atoms with E-state index in [9.17, 15) is 13.2 Å². The van der Waals surface area contributed by atoms with Crippen LogP contribution in [0.1, 0.15) is 32.6 Å². The molecule has 5 heteroatoms. The van der Waals surface area contributed by atoms with Crippen LogP contribution in [0.3, 0.4) is 0 Å². The van der Waals surface area contributed by atoms with E-state index >= 15 is 0 Å². The summed E-state index contributed by atoms with van der Waals surface area (Å²) < 4.78 is 37.9. The molecular weight excluding hydrogens is 229 g/mol. The first-order chi connectivity index (χ1) is 7.79. The largest absolute Gasteiger partial charge is 0.391 e. The molecule has 0 amide bonds. The van der Waals surface area contributed by atoms with Crippen molar-refractivity contribution in [2.75, 3.05) is 20.6 Å². The molecule has 1 aliphatic carbocycles. The van der Waals surface area contributed by atoms with Crippen LogP contribution >= 0.6 is 0 Å². The van der Waals surface area contributed by atoms with Crippen LogP contribution in [-0.4, -0.2) is 43.8 Å². The van der Waals surface area contributed by atoms with Gasteiger partial charge in [-0.05, 0) is 40.3 Å². The highest BCUT2D eigenvalue weighted by molar-refractivity contribution is 4.83. The SMILES string of the molecule is CC(CN(C)C)NC1CCCC(C(F)(F)F)C1. The number of hydrogen-bond acceptors (Lipinski definition) is 2. The van der Waals surface area contributed by atoms with E-state index in [0.29, 0.717) is 12.8 Å². The molecule has 0 aromatic carbocycles. The molecule has 0 aliphatic heterocycles. The van der Waals surface area contributed by atoms with Crippen LogP contribution in [-0.2, 0) is 0 Å². The smallest absolute Gasteiger partial charge is 0.310 e. The predicted octanol–water partition coefficient (Wildman–Crippen LogP) is 2.65. The van der Waals surface area contributed by atoms with Gasteiger partial charge in [0.25, 0.3) is 0 Å². The summed E-state index contributed by atoms with van der Waals surface area (Å²) in [4.78, 5) is 2.04. The second kappa shape index (κ2) is 6.05. The lowest BCUT2D eigenvalue weighted by Crippen LogP contribution is -2.45. The standard InChI is InChI=1S/C12H23F3N2/c1-9(8-17(2)3)16-11-6-4-5-10(7-11)12(13,14)15/h9-11,16H,4-8H2,1-3H3. The lowest BCUT2D eigenvalue weighted by molar-refractivity contribution is -0.183. The van der Waals surface area contributed by atoms with E-state index in [1.165, 1.54) is 0 Å². The molecule has 102 valence electrons. The van der Waals surface area contributed by atoms with E-state index < -0.39 is 12.1 Å². The molecule has 3 unspecified atom stereocenters. The Hall–Kier alpha value is -0.290. The molecule has 3 atom stereocenters. The van der Waals surface area contributed by atoms with Gasteiger partial charge < -0.3 is 10.2 Å².